The second-order valence-corrected chi connectivity index (χ2v) is 7.07. The topological polar surface area (TPSA) is 94.9 Å². The number of nitrogens with zero attached hydrogens (tertiary/aromatic N) is 2. The maximum absolute atomic E-state index is 14.1. The Morgan fingerprint density at radius 1 is 1.26 bits per heavy atom. The molecule has 0 aliphatic heterocycles. The number of carbonyl (C=O) groups is 1. The van der Waals surface area contributed by atoms with Gasteiger partial charge in [-0.15, -0.1) is 0 Å². The number of halogens is 3. The molecule has 2 aromatic rings. The lowest BCUT2D eigenvalue weighted by atomic mass is 10.2. The standard InChI is InChI=1S/C16H13Cl2FN2O5S/c1-8(2)7-25-16-12(18)3-9(6-20-16)26-14-5-13(19)10(4-11(14)17)15(22)21-27(23)24/h3-6,8H,7H2,1-2H3. The zero-order valence-electron chi connectivity index (χ0n) is 14.1. The van der Waals surface area contributed by atoms with E-state index in [1.54, 1.807) is 0 Å². The summed E-state index contributed by atoms with van der Waals surface area (Å²) in [4.78, 5) is 15.6. The highest BCUT2D eigenvalue weighted by atomic mass is 35.5. The zero-order chi connectivity index (χ0) is 20.1. The Kier molecular flexibility index (Phi) is 7.11. The Labute approximate surface area is 165 Å². The molecular weight excluding hydrogens is 422 g/mol. The van der Waals surface area contributed by atoms with Crippen LogP contribution in [0.1, 0.15) is 24.2 Å². The average molecular weight is 435 g/mol. The molecule has 0 atom stereocenters. The number of carbonyl (C=O) groups excluding carboxylic acids is 1. The van der Waals surface area contributed by atoms with E-state index in [9.17, 15) is 17.6 Å². The molecule has 0 aliphatic rings. The maximum atomic E-state index is 14.1. The molecule has 0 unspecified atom stereocenters. The van der Waals surface area contributed by atoms with Gasteiger partial charge in [-0.1, -0.05) is 41.4 Å². The Bertz CT molecular complexity index is 1000. The molecule has 7 nitrogen and oxygen atoms in total. The molecule has 144 valence electrons. The van der Waals surface area contributed by atoms with Crippen LogP contribution in [-0.2, 0) is 10.5 Å². The van der Waals surface area contributed by atoms with Crippen LogP contribution in [0.5, 0.6) is 17.4 Å². The van der Waals surface area contributed by atoms with E-state index in [2.05, 4.69) is 9.35 Å². The Balaban J connectivity index is 2.25. The summed E-state index contributed by atoms with van der Waals surface area (Å²) in [6.07, 6.45) is 1.31. The number of benzene rings is 1. The largest absolute Gasteiger partial charge is 0.476 e. The van der Waals surface area contributed by atoms with Crippen LogP contribution in [0.3, 0.4) is 0 Å². The number of hydrogen-bond acceptors (Lipinski definition) is 6. The van der Waals surface area contributed by atoms with Crippen molar-refractivity contribution in [3.63, 3.8) is 0 Å². The van der Waals surface area contributed by atoms with E-state index in [1.165, 1.54) is 12.3 Å². The summed E-state index contributed by atoms with van der Waals surface area (Å²) in [7, 11) is -3.01. The van der Waals surface area contributed by atoms with Crippen molar-refractivity contribution in [3.8, 4) is 17.4 Å². The third-order valence-corrected chi connectivity index (χ3v) is 3.85. The third-order valence-electron chi connectivity index (χ3n) is 2.97. The number of ether oxygens (including phenoxy) is 2. The zero-order valence-corrected chi connectivity index (χ0v) is 16.4. The lowest BCUT2D eigenvalue weighted by Gasteiger charge is -2.12. The van der Waals surface area contributed by atoms with Crippen LogP contribution in [0, 0.1) is 11.7 Å². The highest BCUT2D eigenvalue weighted by Crippen LogP contribution is 2.34. The molecular formula is C16H13Cl2FN2O5S. The molecule has 1 heterocycles. The Morgan fingerprint density at radius 2 is 1.96 bits per heavy atom. The molecule has 1 amide bonds. The van der Waals surface area contributed by atoms with Gasteiger partial charge >= 0.3 is 10.5 Å². The van der Waals surface area contributed by atoms with Gasteiger partial charge in [0.25, 0.3) is 5.91 Å². The van der Waals surface area contributed by atoms with Gasteiger partial charge in [0.2, 0.25) is 5.88 Å². The van der Waals surface area contributed by atoms with Gasteiger partial charge in [-0.05, 0) is 12.0 Å². The third kappa shape index (κ3) is 5.88. The SMILES string of the molecule is CC(C)COc1ncc(Oc2cc(F)c(C(=O)N=S(=O)=O)cc2Cl)cc1Cl. The van der Waals surface area contributed by atoms with Crippen molar-refractivity contribution in [2.75, 3.05) is 6.61 Å². The van der Waals surface area contributed by atoms with Gasteiger partial charge in [0.1, 0.15) is 22.3 Å². The van der Waals surface area contributed by atoms with Crippen LogP contribution in [0.15, 0.2) is 28.8 Å². The second kappa shape index (κ2) is 9.12. The van der Waals surface area contributed by atoms with Crippen molar-refractivity contribution in [1.82, 2.24) is 4.98 Å². The van der Waals surface area contributed by atoms with Gasteiger partial charge in [0.15, 0.2) is 0 Å². The summed E-state index contributed by atoms with van der Waals surface area (Å²) in [6.45, 7) is 4.37. The summed E-state index contributed by atoms with van der Waals surface area (Å²) in [5.74, 6) is -1.80. The fourth-order valence-corrected chi connectivity index (χ4v) is 2.48. The lowest BCUT2D eigenvalue weighted by Crippen LogP contribution is -2.06. The van der Waals surface area contributed by atoms with Crippen molar-refractivity contribution < 1.29 is 27.1 Å². The van der Waals surface area contributed by atoms with Crippen LogP contribution in [0.25, 0.3) is 0 Å². The van der Waals surface area contributed by atoms with Gasteiger partial charge in [0, 0.05) is 12.1 Å². The van der Waals surface area contributed by atoms with Crippen molar-refractivity contribution >= 4 is 39.6 Å². The molecule has 27 heavy (non-hydrogen) atoms. The van der Waals surface area contributed by atoms with Gasteiger partial charge in [-0.2, -0.15) is 8.42 Å². The number of pyridine rings is 1. The molecule has 0 spiro atoms. The average Bonchev–Trinajstić information content (AvgIpc) is 2.56. The molecule has 0 saturated heterocycles. The quantitative estimate of drug-likeness (QED) is 0.661. The first kappa shape index (κ1) is 21.1. The fraction of sp³-hybridized carbons (Fsp3) is 0.250. The van der Waals surface area contributed by atoms with Gasteiger partial charge < -0.3 is 9.47 Å². The number of rotatable bonds is 6. The molecule has 0 aliphatic carbocycles. The molecule has 0 N–H and O–H groups in total. The van der Waals surface area contributed by atoms with E-state index in [-0.39, 0.29) is 33.3 Å². The first-order valence-electron chi connectivity index (χ1n) is 7.48. The van der Waals surface area contributed by atoms with E-state index in [1.807, 2.05) is 13.8 Å². The minimum Gasteiger partial charge on any atom is -0.476 e. The summed E-state index contributed by atoms with van der Waals surface area (Å²) >= 11 is 12.0. The Hall–Kier alpha value is -2.23. The molecule has 2 rings (SSSR count). The molecule has 0 saturated carbocycles. The van der Waals surface area contributed by atoms with Crippen molar-refractivity contribution in [3.05, 3.63) is 45.8 Å². The minimum atomic E-state index is -3.01. The molecule has 1 aromatic carbocycles. The summed E-state index contributed by atoms with van der Waals surface area (Å²) in [6, 6.07) is 3.16. The molecule has 0 bridgehead atoms. The van der Waals surface area contributed by atoms with Gasteiger partial charge in [0.05, 0.1) is 23.4 Å². The smallest absolute Gasteiger partial charge is 0.319 e. The van der Waals surface area contributed by atoms with E-state index in [0.29, 0.717) is 6.61 Å². The van der Waals surface area contributed by atoms with Crippen LogP contribution in [0.4, 0.5) is 4.39 Å². The van der Waals surface area contributed by atoms with Gasteiger partial charge in [-0.3, -0.25) is 4.79 Å². The van der Waals surface area contributed by atoms with Crippen molar-refractivity contribution in [2.45, 2.75) is 13.8 Å². The predicted molar refractivity (Wildman–Crippen MR) is 96.7 cm³/mol. The van der Waals surface area contributed by atoms with Gasteiger partial charge in [-0.25, -0.2) is 9.37 Å². The Morgan fingerprint density at radius 3 is 2.56 bits per heavy atom. The first-order chi connectivity index (χ1) is 12.7. The minimum absolute atomic E-state index is 0.123. The van der Waals surface area contributed by atoms with Crippen LogP contribution in [0.2, 0.25) is 10.0 Å². The highest BCUT2D eigenvalue weighted by Gasteiger charge is 2.17. The molecule has 0 radical (unpaired) electrons. The van der Waals surface area contributed by atoms with E-state index in [4.69, 9.17) is 32.7 Å². The first-order valence-corrected chi connectivity index (χ1v) is 9.26. The van der Waals surface area contributed by atoms with Crippen LogP contribution < -0.4 is 9.47 Å². The summed E-state index contributed by atoms with van der Waals surface area (Å²) in [5, 5.41) is 0.0520. The summed E-state index contributed by atoms with van der Waals surface area (Å²) < 4.78 is 48.5. The number of amides is 1. The summed E-state index contributed by atoms with van der Waals surface area (Å²) in [5.41, 5.74) is -0.606. The van der Waals surface area contributed by atoms with E-state index >= 15 is 0 Å². The van der Waals surface area contributed by atoms with Crippen LogP contribution >= 0.6 is 23.2 Å². The molecule has 1 aromatic heterocycles. The highest BCUT2D eigenvalue weighted by molar-refractivity contribution is 7.62. The van der Waals surface area contributed by atoms with E-state index < -0.39 is 27.8 Å². The maximum Gasteiger partial charge on any atom is 0.319 e. The van der Waals surface area contributed by atoms with Crippen molar-refractivity contribution in [2.24, 2.45) is 10.3 Å². The number of aromatic nitrogens is 1. The second-order valence-electron chi connectivity index (χ2n) is 5.64. The predicted octanol–water partition coefficient (Wildman–Crippen LogP) is 4.56. The monoisotopic (exact) mass is 434 g/mol. The molecule has 0 fully saturated rings. The van der Waals surface area contributed by atoms with Crippen LogP contribution in [-0.4, -0.2) is 25.9 Å². The fourth-order valence-electron chi connectivity index (χ4n) is 1.83. The lowest BCUT2D eigenvalue weighted by molar-refractivity contribution is 0.100. The molecule has 11 heteroatoms. The van der Waals surface area contributed by atoms with E-state index in [0.717, 1.165) is 12.1 Å². The number of hydrogen-bond donors (Lipinski definition) is 0. The van der Waals surface area contributed by atoms with Crippen molar-refractivity contribution in [1.29, 1.82) is 0 Å². The normalized spacial score (nSPS) is 10.6.